The van der Waals surface area contributed by atoms with Gasteiger partial charge in [0.15, 0.2) is 12.7 Å². The van der Waals surface area contributed by atoms with Crippen LogP contribution in [0.3, 0.4) is 0 Å². The number of halogens is 1. The molecule has 1 N–H and O–H groups in total. The second kappa shape index (κ2) is 9.64. The number of hydrogen-bond acceptors (Lipinski definition) is 5. The zero-order valence-corrected chi connectivity index (χ0v) is 15.9. The quantitative estimate of drug-likeness (QED) is 0.553. The van der Waals surface area contributed by atoms with Crippen LogP contribution in [0.15, 0.2) is 48.5 Å². The standard InChI is InChI=1S/C21H22FNO5/c1-13(2)21(26)23-17-8-4-15(5-9-17)20(25)14(3)28-19(24)12-27-18-10-6-16(22)7-11-18/h4-11,13-14H,12H2,1-3H3,(H,23,26)/t14-/m0/s1. The van der Waals surface area contributed by atoms with Gasteiger partial charge in [-0.3, -0.25) is 9.59 Å². The first-order valence-corrected chi connectivity index (χ1v) is 8.79. The van der Waals surface area contributed by atoms with Crippen molar-refractivity contribution in [2.75, 3.05) is 11.9 Å². The summed E-state index contributed by atoms with van der Waals surface area (Å²) in [6, 6.07) is 11.5. The Balaban J connectivity index is 1.86. The van der Waals surface area contributed by atoms with Crippen LogP contribution in [-0.4, -0.2) is 30.4 Å². The maximum absolute atomic E-state index is 12.8. The van der Waals surface area contributed by atoms with Crippen molar-refractivity contribution in [1.82, 2.24) is 0 Å². The van der Waals surface area contributed by atoms with Crippen molar-refractivity contribution >= 4 is 23.3 Å². The van der Waals surface area contributed by atoms with Crippen LogP contribution >= 0.6 is 0 Å². The molecule has 148 valence electrons. The summed E-state index contributed by atoms with van der Waals surface area (Å²) in [4.78, 5) is 35.9. The minimum absolute atomic E-state index is 0.123. The highest BCUT2D eigenvalue weighted by atomic mass is 19.1. The Kier molecular flexibility index (Phi) is 7.26. The van der Waals surface area contributed by atoms with Crippen LogP contribution in [0.25, 0.3) is 0 Å². The molecule has 0 spiro atoms. The zero-order valence-electron chi connectivity index (χ0n) is 15.9. The minimum Gasteiger partial charge on any atom is -0.482 e. The smallest absolute Gasteiger partial charge is 0.344 e. The predicted octanol–water partition coefficient (Wildman–Crippen LogP) is 3.61. The molecule has 0 aliphatic rings. The van der Waals surface area contributed by atoms with Crippen LogP contribution in [0, 0.1) is 11.7 Å². The van der Waals surface area contributed by atoms with E-state index >= 15 is 0 Å². The molecule has 1 atom stereocenters. The fourth-order valence-electron chi connectivity index (χ4n) is 2.20. The van der Waals surface area contributed by atoms with E-state index in [2.05, 4.69) is 5.32 Å². The van der Waals surface area contributed by atoms with E-state index < -0.39 is 24.5 Å². The van der Waals surface area contributed by atoms with Gasteiger partial charge in [-0.25, -0.2) is 9.18 Å². The number of amides is 1. The van der Waals surface area contributed by atoms with Crippen molar-refractivity contribution in [1.29, 1.82) is 0 Å². The lowest BCUT2D eigenvalue weighted by atomic mass is 10.1. The topological polar surface area (TPSA) is 81.7 Å². The van der Waals surface area contributed by atoms with Gasteiger partial charge in [-0.05, 0) is 55.5 Å². The number of Topliss-reactive ketones (excluding diaryl/α,β-unsaturated/α-hetero) is 1. The van der Waals surface area contributed by atoms with Gasteiger partial charge in [0.1, 0.15) is 11.6 Å². The molecule has 0 aliphatic heterocycles. The number of carbonyl (C=O) groups is 3. The largest absolute Gasteiger partial charge is 0.482 e. The highest BCUT2D eigenvalue weighted by Crippen LogP contribution is 2.14. The Bertz CT molecular complexity index is 831. The van der Waals surface area contributed by atoms with E-state index in [1.54, 1.807) is 38.1 Å². The molecule has 0 saturated heterocycles. The van der Waals surface area contributed by atoms with Crippen LogP contribution in [0.5, 0.6) is 5.75 Å². The summed E-state index contributed by atoms with van der Waals surface area (Å²) in [7, 11) is 0. The van der Waals surface area contributed by atoms with E-state index in [1.807, 2.05) is 0 Å². The number of rotatable bonds is 8. The molecule has 2 aromatic rings. The van der Waals surface area contributed by atoms with Gasteiger partial charge in [0.2, 0.25) is 11.7 Å². The molecule has 2 aromatic carbocycles. The summed E-state index contributed by atoms with van der Waals surface area (Å²) in [5, 5.41) is 2.73. The van der Waals surface area contributed by atoms with Gasteiger partial charge in [0.25, 0.3) is 0 Å². The van der Waals surface area contributed by atoms with E-state index in [9.17, 15) is 18.8 Å². The van der Waals surface area contributed by atoms with Crippen molar-refractivity contribution in [3.63, 3.8) is 0 Å². The number of anilines is 1. The molecule has 0 aliphatic carbocycles. The minimum atomic E-state index is -1.000. The molecule has 0 radical (unpaired) electrons. The van der Waals surface area contributed by atoms with Crippen LogP contribution in [0.1, 0.15) is 31.1 Å². The Morgan fingerprint density at radius 2 is 1.57 bits per heavy atom. The summed E-state index contributed by atoms with van der Waals surface area (Å²) in [5.74, 6) is -1.47. The molecule has 0 unspecified atom stereocenters. The first kappa shape index (κ1) is 21.1. The SMILES string of the molecule is CC(C)C(=O)Nc1ccc(C(=O)[C@H](C)OC(=O)COc2ccc(F)cc2)cc1. The number of carbonyl (C=O) groups excluding carboxylic acids is 3. The number of esters is 1. The molecule has 0 heterocycles. The molecule has 28 heavy (non-hydrogen) atoms. The maximum atomic E-state index is 12.8. The zero-order chi connectivity index (χ0) is 20.7. The molecule has 0 fully saturated rings. The van der Waals surface area contributed by atoms with E-state index in [-0.39, 0.29) is 17.6 Å². The van der Waals surface area contributed by atoms with Crippen LogP contribution in [0.4, 0.5) is 10.1 Å². The van der Waals surface area contributed by atoms with Crippen molar-refractivity contribution in [3.05, 3.63) is 59.9 Å². The third-order valence-electron chi connectivity index (χ3n) is 3.81. The molecular weight excluding hydrogens is 365 g/mol. The second-order valence-electron chi connectivity index (χ2n) is 6.46. The Morgan fingerprint density at radius 3 is 2.14 bits per heavy atom. The second-order valence-corrected chi connectivity index (χ2v) is 6.46. The molecule has 0 aromatic heterocycles. The lowest BCUT2D eigenvalue weighted by Crippen LogP contribution is -2.27. The third kappa shape index (κ3) is 6.19. The number of benzene rings is 2. The molecule has 7 heteroatoms. The van der Waals surface area contributed by atoms with Crippen LogP contribution < -0.4 is 10.1 Å². The van der Waals surface area contributed by atoms with Gasteiger partial charge in [-0.2, -0.15) is 0 Å². The Morgan fingerprint density at radius 1 is 0.964 bits per heavy atom. The van der Waals surface area contributed by atoms with Crippen LogP contribution in [-0.2, 0) is 14.3 Å². The lowest BCUT2D eigenvalue weighted by Gasteiger charge is -2.13. The number of hydrogen-bond donors (Lipinski definition) is 1. The van der Waals surface area contributed by atoms with Crippen molar-refractivity contribution in [3.8, 4) is 5.75 Å². The van der Waals surface area contributed by atoms with Gasteiger partial charge < -0.3 is 14.8 Å². The normalized spacial score (nSPS) is 11.6. The maximum Gasteiger partial charge on any atom is 0.344 e. The molecule has 6 nitrogen and oxygen atoms in total. The fraction of sp³-hybridized carbons (Fsp3) is 0.286. The van der Waals surface area contributed by atoms with Gasteiger partial charge in [0, 0.05) is 17.2 Å². The van der Waals surface area contributed by atoms with Crippen molar-refractivity contribution in [2.24, 2.45) is 5.92 Å². The van der Waals surface area contributed by atoms with Gasteiger partial charge >= 0.3 is 5.97 Å². The Hall–Kier alpha value is -3.22. The van der Waals surface area contributed by atoms with Crippen molar-refractivity contribution in [2.45, 2.75) is 26.9 Å². The first-order chi connectivity index (χ1) is 13.3. The summed E-state index contributed by atoms with van der Waals surface area (Å²) in [6.45, 7) is 4.63. The number of nitrogens with one attached hydrogen (secondary N) is 1. The molecule has 0 saturated carbocycles. The molecule has 1 amide bonds. The van der Waals surface area contributed by atoms with E-state index in [1.165, 1.54) is 31.2 Å². The summed E-state index contributed by atoms with van der Waals surface area (Å²) < 4.78 is 23.1. The van der Waals surface area contributed by atoms with Gasteiger partial charge in [-0.1, -0.05) is 13.8 Å². The van der Waals surface area contributed by atoms with E-state index in [0.717, 1.165) is 0 Å². The van der Waals surface area contributed by atoms with Crippen molar-refractivity contribution < 1.29 is 28.2 Å². The Labute approximate surface area is 162 Å². The number of ether oxygens (including phenoxy) is 2. The first-order valence-electron chi connectivity index (χ1n) is 8.79. The molecule has 0 bridgehead atoms. The van der Waals surface area contributed by atoms with E-state index in [0.29, 0.717) is 17.0 Å². The molecular formula is C21H22FNO5. The van der Waals surface area contributed by atoms with Crippen LogP contribution in [0.2, 0.25) is 0 Å². The number of ketones is 1. The highest BCUT2D eigenvalue weighted by molar-refractivity contribution is 6.01. The third-order valence-corrected chi connectivity index (χ3v) is 3.81. The van der Waals surface area contributed by atoms with Gasteiger partial charge in [0.05, 0.1) is 0 Å². The summed E-state index contributed by atoms with van der Waals surface area (Å²) in [5.41, 5.74) is 0.926. The predicted molar refractivity (Wildman–Crippen MR) is 102 cm³/mol. The fourth-order valence-corrected chi connectivity index (χ4v) is 2.20. The molecule has 2 rings (SSSR count). The monoisotopic (exact) mass is 387 g/mol. The average Bonchev–Trinajstić information content (AvgIpc) is 2.67. The summed E-state index contributed by atoms with van der Waals surface area (Å²) >= 11 is 0. The average molecular weight is 387 g/mol. The lowest BCUT2D eigenvalue weighted by molar-refractivity contribution is -0.148. The van der Waals surface area contributed by atoms with E-state index in [4.69, 9.17) is 9.47 Å². The summed E-state index contributed by atoms with van der Waals surface area (Å²) in [6.07, 6.45) is -1.000. The highest BCUT2D eigenvalue weighted by Gasteiger charge is 2.20. The van der Waals surface area contributed by atoms with Gasteiger partial charge in [-0.15, -0.1) is 0 Å².